The fourth-order valence-electron chi connectivity index (χ4n) is 2.53. The van der Waals surface area contributed by atoms with Gasteiger partial charge in [0.2, 0.25) is 11.7 Å². The summed E-state index contributed by atoms with van der Waals surface area (Å²) in [6.07, 6.45) is 1.22. The molecule has 1 saturated carbocycles. The van der Waals surface area contributed by atoms with Gasteiger partial charge in [0, 0.05) is 13.1 Å². The maximum Gasteiger partial charge on any atom is 0.321 e. The van der Waals surface area contributed by atoms with E-state index < -0.39 is 5.41 Å². The zero-order valence-corrected chi connectivity index (χ0v) is 11.8. The van der Waals surface area contributed by atoms with Crippen LogP contribution in [-0.2, 0) is 19.7 Å². The van der Waals surface area contributed by atoms with Crippen LogP contribution < -0.4 is 0 Å². The maximum absolute atomic E-state index is 11.8. The number of esters is 1. The Balaban J connectivity index is 1.75. The van der Waals surface area contributed by atoms with Crippen LogP contribution >= 0.6 is 0 Å². The molecule has 1 saturated heterocycles. The maximum atomic E-state index is 11.8. The summed E-state index contributed by atoms with van der Waals surface area (Å²) in [7, 11) is 1.38. The number of hydrogen-bond donors (Lipinski definition) is 0. The first-order valence-corrected chi connectivity index (χ1v) is 6.96. The zero-order valence-electron chi connectivity index (χ0n) is 11.8. The SMILES string of the molecule is CCN1CCOC(c2noc(C3(C(=O)OC)CC3)n2)C1. The highest BCUT2D eigenvalue weighted by atomic mass is 16.5. The normalized spacial score (nSPS) is 25.4. The Morgan fingerprint density at radius 2 is 2.35 bits per heavy atom. The molecule has 3 rings (SSSR count). The Labute approximate surface area is 117 Å². The van der Waals surface area contributed by atoms with Gasteiger partial charge in [0.1, 0.15) is 11.5 Å². The molecule has 1 unspecified atom stereocenters. The summed E-state index contributed by atoms with van der Waals surface area (Å²) in [5.74, 6) is 0.581. The van der Waals surface area contributed by atoms with Gasteiger partial charge in [0.05, 0.1) is 13.7 Å². The third-order valence-electron chi connectivity index (χ3n) is 4.06. The van der Waals surface area contributed by atoms with Crippen molar-refractivity contribution in [2.75, 3.05) is 33.4 Å². The molecule has 7 nitrogen and oxygen atoms in total. The average molecular weight is 281 g/mol. The van der Waals surface area contributed by atoms with Crippen LogP contribution in [0.4, 0.5) is 0 Å². The summed E-state index contributed by atoms with van der Waals surface area (Å²) >= 11 is 0. The van der Waals surface area contributed by atoms with Crippen molar-refractivity contribution in [3.05, 3.63) is 11.7 Å². The van der Waals surface area contributed by atoms with Crippen molar-refractivity contribution in [2.45, 2.75) is 31.3 Å². The molecule has 0 bridgehead atoms. The highest BCUT2D eigenvalue weighted by molar-refractivity contribution is 5.85. The fraction of sp³-hybridized carbons (Fsp3) is 0.769. The topological polar surface area (TPSA) is 77.7 Å². The van der Waals surface area contributed by atoms with Crippen LogP contribution in [0.3, 0.4) is 0 Å². The van der Waals surface area contributed by atoms with Crippen molar-refractivity contribution in [2.24, 2.45) is 0 Å². The highest BCUT2D eigenvalue weighted by Gasteiger charge is 2.57. The first-order valence-electron chi connectivity index (χ1n) is 6.96. The Kier molecular flexibility index (Phi) is 3.47. The molecule has 2 fully saturated rings. The average Bonchev–Trinajstić information content (AvgIpc) is 3.16. The monoisotopic (exact) mass is 281 g/mol. The first-order chi connectivity index (χ1) is 9.69. The minimum atomic E-state index is -0.709. The van der Waals surface area contributed by atoms with Gasteiger partial charge >= 0.3 is 5.97 Å². The van der Waals surface area contributed by atoms with E-state index in [9.17, 15) is 4.79 Å². The van der Waals surface area contributed by atoms with Gasteiger partial charge in [-0.2, -0.15) is 4.98 Å². The van der Waals surface area contributed by atoms with E-state index >= 15 is 0 Å². The number of aromatic nitrogens is 2. The van der Waals surface area contributed by atoms with Gasteiger partial charge in [-0.15, -0.1) is 0 Å². The molecule has 110 valence electrons. The van der Waals surface area contributed by atoms with Gasteiger partial charge in [-0.05, 0) is 19.4 Å². The lowest BCUT2D eigenvalue weighted by Gasteiger charge is -2.30. The van der Waals surface area contributed by atoms with Crippen LogP contribution in [0.15, 0.2) is 4.52 Å². The molecule has 1 aromatic rings. The smallest absolute Gasteiger partial charge is 0.321 e. The van der Waals surface area contributed by atoms with Crippen LogP contribution in [-0.4, -0.2) is 54.4 Å². The van der Waals surface area contributed by atoms with E-state index in [1.165, 1.54) is 7.11 Å². The number of methoxy groups -OCH3 is 1. The number of hydrogen-bond acceptors (Lipinski definition) is 7. The third-order valence-corrected chi connectivity index (χ3v) is 4.06. The summed E-state index contributed by atoms with van der Waals surface area (Å²) in [5, 5.41) is 3.99. The van der Waals surface area contributed by atoms with Crippen molar-refractivity contribution in [1.82, 2.24) is 15.0 Å². The van der Waals surface area contributed by atoms with Crippen LogP contribution in [0.1, 0.15) is 37.6 Å². The molecule has 0 radical (unpaired) electrons. The molecule has 2 aliphatic rings. The lowest BCUT2D eigenvalue weighted by Crippen LogP contribution is -2.38. The van der Waals surface area contributed by atoms with Gasteiger partial charge in [0.25, 0.3) is 0 Å². The fourth-order valence-corrected chi connectivity index (χ4v) is 2.53. The van der Waals surface area contributed by atoms with Crippen molar-refractivity contribution in [3.63, 3.8) is 0 Å². The summed E-state index contributed by atoms with van der Waals surface area (Å²) in [4.78, 5) is 18.4. The molecule has 2 heterocycles. The second-order valence-corrected chi connectivity index (χ2v) is 5.28. The molecule has 1 atom stereocenters. The molecule has 7 heteroatoms. The minimum absolute atomic E-state index is 0.186. The number of carbonyl (C=O) groups is 1. The van der Waals surface area contributed by atoms with Crippen molar-refractivity contribution in [3.8, 4) is 0 Å². The highest BCUT2D eigenvalue weighted by Crippen LogP contribution is 2.48. The number of likely N-dealkylation sites (N-methyl/N-ethyl adjacent to an activating group) is 1. The number of rotatable bonds is 4. The van der Waals surface area contributed by atoms with Crippen LogP contribution in [0.2, 0.25) is 0 Å². The van der Waals surface area contributed by atoms with Crippen molar-refractivity contribution in [1.29, 1.82) is 0 Å². The molecule has 0 aromatic carbocycles. The second-order valence-electron chi connectivity index (χ2n) is 5.28. The van der Waals surface area contributed by atoms with Gasteiger partial charge in [-0.25, -0.2) is 0 Å². The van der Waals surface area contributed by atoms with Crippen molar-refractivity contribution >= 4 is 5.97 Å². The van der Waals surface area contributed by atoms with E-state index in [-0.39, 0.29) is 12.1 Å². The minimum Gasteiger partial charge on any atom is -0.468 e. The predicted octanol–water partition coefficient (Wildman–Crippen LogP) is 0.667. The van der Waals surface area contributed by atoms with E-state index in [2.05, 4.69) is 22.0 Å². The van der Waals surface area contributed by atoms with Crippen LogP contribution in [0.5, 0.6) is 0 Å². The Hall–Kier alpha value is -1.47. The molecule has 1 aliphatic heterocycles. The van der Waals surface area contributed by atoms with E-state index in [1.807, 2.05) is 0 Å². The Morgan fingerprint density at radius 1 is 1.55 bits per heavy atom. The van der Waals surface area contributed by atoms with Gasteiger partial charge < -0.3 is 14.0 Å². The molecular formula is C13H19N3O4. The van der Waals surface area contributed by atoms with Crippen LogP contribution in [0.25, 0.3) is 0 Å². The standard InChI is InChI=1S/C13H19N3O4/c1-3-16-6-7-19-9(8-16)10-14-11(20-15-10)13(4-5-13)12(17)18-2/h9H,3-8H2,1-2H3. The van der Waals surface area contributed by atoms with Gasteiger partial charge in [-0.1, -0.05) is 12.1 Å². The molecule has 20 heavy (non-hydrogen) atoms. The summed E-state index contributed by atoms with van der Waals surface area (Å²) in [6.45, 7) is 5.41. The van der Waals surface area contributed by atoms with Crippen LogP contribution in [0, 0.1) is 0 Å². The number of morpholine rings is 1. The van der Waals surface area contributed by atoms with Crippen molar-refractivity contribution < 1.29 is 18.8 Å². The Morgan fingerprint density at radius 3 is 3.00 bits per heavy atom. The predicted molar refractivity (Wildman–Crippen MR) is 68.0 cm³/mol. The lowest BCUT2D eigenvalue weighted by atomic mass is 10.1. The zero-order chi connectivity index (χ0) is 14.2. The summed E-state index contributed by atoms with van der Waals surface area (Å²) in [5.41, 5.74) is -0.709. The molecule has 1 aliphatic carbocycles. The van der Waals surface area contributed by atoms with Gasteiger partial charge in [-0.3, -0.25) is 9.69 Å². The molecule has 0 N–H and O–H groups in total. The quantitative estimate of drug-likeness (QED) is 0.750. The van der Waals surface area contributed by atoms with Gasteiger partial charge in [0.15, 0.2) is 0 Å². The first kappa shape index (κ1) is 13.5. The molecular weight excluding hydrogens is 262 g/mol. The lowest BCUT2D eigenvalue weighted by molar-refractivity contribution is -0.144. The second kappa shape index (κ2) is 5.14. The van der Waals surface area contributed by atoms with E-state index in [4.69, 9.17) is 14.0 Å². The third kappa shape index (κ3) is 2.20. The summed E-state index contributed by atoms with van der Waals surface area (Å²) in [6, 6.07) is 0. The molecule has 0 spiro atoms. The number of ether oxygens (including phenoxy) is 2. The number of carbonyl (C=O) groups excluding carboxylic acids is 1. The summed E-state index contributed by atoms with van der Waals surface area (Å²) < 4.78 is 15.8. The largest absolute Gasteiger partial charge is 0.468 e. The van der Waals surface area contributed by atoms with E-state index in [0.717, 1.165) is 19.6 Å². The molecule has 1 aromatic heterocycles. The number of nitrogens with zero attached hydrogens (tertiary/aromatic N) is 3. The van der Waals surface area contributed by atoms with E-state index in [0.29, 0.717) is 31.2 Å². The van der Waals surface area contributed by atoms with E-state index in [1.54, 1.807) is 0 Å². The Bertz CT molecular complexity index is 498. The molecule has 0 amide bonds.